The van der Waals surface area contributed by atoms with Crippen LogP contribution in [-0.2, 0) is 14.3 Å². The maximum Gasteiger partial charge on any atom is 0.408 e. The lowest BCUT2D eigenvalue weighted by Crippen LogP contribution is -2.41. The number of nitriles is 1. The van der Waals surface area contributed by atoms with Gasteiger partial charge in [-0.3, -0.25) is 9.59 Å². The van der Waals surface area contributed by atoms with Gasteiger partial charge in [-0.2, -0.15) is 5.26 Å². The van der Waals surface area contributed by atoms with Crippen LogP contribution in [0.5, 0.6) is 0 Å². The van der Waals surface area contributed by atoms with Gasteiger partial charge >= 0.3 is 6.09 Å². The molecule has 0 aromatic rings. The number of carbonyl (C=O) groups is 3. The Morgan fingerprint density at radius 1 is 1.19 bits per heavy atom. The molecule has 2 N–H and O–H groups in total. The molecular weight excluding hydrogens is 396 g/mol. The molecule has 8 heteroatoms. The third-order valence-corrected chi connectivity index (χ3v) is 5.99. The zero-order chi connectivity index (χ0) is 23.8. The molecule has 8 nitrogen and oxygen atoms in total. The maximum atomic E-state index is 12.0. The van der Waals surface area contributed by atoms with Gasteiger partial charge in [0.1, 0.15) is 18.2 Å². The van der Waals surface area contributed by atoms with Crippen molar-refractivity contribution >= 4 is 18.4 Å². The van der Waals surface area contributed by atoms with Crippen molar-refractivity contribution in [1.82, 2.24) is 15.5 Å². The molecule has 0 bridgehead atoms. The second-order valence-electron chi connectivity index (χ2n) is 10.1. The number of carbonyl (C=O) groups excluding carboxylic acids is 3. The van der Waals surface area contributed by atoms with Crippen LogP contribution >= 0.6 is 0 Å². The summed E-state index contributed by atoms with van der Waals surface area (Å²) in [7, 11) is 0. The molecule has 0 radical (unpaired) electrons. The number of nitrogens with zero attached hydrogens (tertiary/aromatic N) is 2. The zero-order valence-electron chi connectivity index (χ0n) is 20.2. The van der Waals surface area contributed by atoms with Crippen LogP contribution in [0.15, 0.2) is 0 Å². The third-order valence-electron chi connectivity index (χ3n) is 5.99. The lowest BCUT2D eigenvalue weighted by atomic mass is 10.1. The third kappa shape index (κ3) is 8.76. The van der Waals surface area contributed by atoms with Gasteiger partial charge in [-0.1, -0.05) is 41.5 Å². The number of fused-ring (bicyclic) bond motifs is 1. The van der Waals surface area contributed by atoms with Crippen LogP contribution in [0, 0.1) is 34.5 Å². The highest BCUT2D eigenvalue weighted by Gasteiger charge is 2.62. The van der Waals surface area contributed by atoms with Crippen LogP contribution in [0.25, 0.3) is 0 Å². The first-order valence-electron chi connectivity index (χ1n) is 11.2. The number of piperidine rings is 1. The summed E-state index contributed by atoms with van der Waals surface area (Å²) in [6.45, 7) is 16.5. The molecule has 1 saturated heterocycles. The molecule has 0 aromatic heterocycles. The van der Waals surface area contributed by atoms with Gasteiger partial charge in [0.15, 0.2) is 0 Å². The second kappa shape index (κ2) is 11.4. The smallest absolute Gasteiger partial charge is 0.408 e. The quantitative estimate of drug-likeness (QED) is 0.622. The van der Waals surface area contributed by atoms with Gasteiger partial charge < -0.3 is 20.3 Å². The van der Waals surface area contributed by atoms with Crippen LogP contribution in [0.1, 0.15) is 67.7 Å². The Morgan fingerprint density at radius 2 is 1.71 bits per heavy atom. The molecule has 31 heavy (non-hydrogen) atoms. The highest BCUT2D eigenvalue weighted by molar-refractivity contribution is 5.82. The Hall–Kier alpha value is -2.30. The van der Waals surface area contributed by atoms with Crippen molar-refractivity contribution in [3.63, 3.8) is 0 Å². The molecule has 3 amide bonds. The van der Waals surface area contributed by atoms with E-state index in [2.05, 4.69) is 45.3 Å². The van der Waals surface area contributed by atoms with Gasteiger partial charge in [-0.05, 0) is 49.4 Å². The summed E-state index contributed by atoms with van der Waals surface area (Å²) >= 11 is 0. The van der Waals surface area contributed by atoms with Crippen LogP contribution in [-0.4, -0.2) is 54.6 Å². The van der Waals surface area contributed by atoms with Crippen molar-refractivity contribution in [3.8, 4) is 6.07 Å². The van der Waals surface area contributed by atoms with Crippen LogP contribution in [0.2, 0.25) is 0 Å². The van der Waals surface area contributed by atoms with E-state index in [0.29, 0.717) is 30.1 Å². The number of alkyl carbamates (subject to hydrolysis) is 1. The lowest BCUT2D eigenvalue weighted by molar-refractivity contribution is -0.130. The fourth-order valence-corrected chi connectivity index (χ4v) is 3.46. The highest BCUT2D eigenvalue weighted by atomic mass is 16.6. The minimum atomic E-state index is -0.474. The molecule has 3 fully saturated rings. The van der Waals surface area contributed by atoms with Gasteiger partial charge in [-0.15, -0.1) is 0 Å². The number of amides is 3. The first-order chi connectivity index (χ1) is 14.4. The van der Waals surface area contributed by atoms with E-state index in [9.17, 15) is 14.4 Å². The predicted molar refractivity (Wildman–Crippen MR) is 119 cm³/mol. The van der Waals surface area contributed by atoms with Crippen molar-refractivity contribution in [2.75, 3.05) is 19.6 Å². The van der Waals surface area contributed by atoms with Crippen molar-refractivity contribution in [2.45, 2.75) is 79.4 Å². The van der Waals surface area contributed by atoms with Gasteiger partial charge in [0.2, 0.25) is 12.3 Å². The average molecular weight is 437 g/mol. The Labute approximate surface area is 187 Å². The molecule has 1 aliphatic heterocycles. The Morgan fingerprint density at radius 3 is 2.06 bits per heavy atom. The predicted octanol–water partition coefficient (Wildman–Crippen LogP) is 3.08. The second-order valence-corrected chi connectivity index (χ2v) is 10.1. The van der Waals surface area contributed by atoms with Crippen molar-refractivity contribution < 1.29 is 19.1 Å². The molecule has 0 spiro atoms. The zero-order valence-corrected chi connectivity index (χ0v) is 20.2. The lowest BCUT2D eigenvalue weighted by Gasteiger charge is -2.22. The first-order valence-corrected chi connectivity index (χ1v) is 11.2. The van der Waals surface area contributed by atoms with Crippen LogP contribution in [0.3, 0.4) is 0 Å². The molecule has 3 unspecified atom stereocenters. The van der Waals surface area contributed by atoms with Gasteiger partial charge in [0.25, 0.3) is 0 Å². The summed E-state index contributed by atoms with van der Waals surface area (Å²) in [5.41, 5.74) is 0.121. The Balaban J connectivity index is 0.000000336. The van der Waals surface area contributed by atoms with E-state index in [-0.39, 0.29) is 24.1 Å². The number of hydrogen-bond acceptors (Lipinski definition) is 5. The standard InChI is InChI=1S/C14H22N2O3.C5H8N2O.C4H10/c1-13(2)9-7-16(8-10(9)13)11(17)6-15-12(18)19-14(3)4-5-14;1-2-5(3-6)7-4-8;1-4(2)3/h9-10H,4-8H2,1-3H3,(H,15,18);4-5H,2H2,1H3,(H,7,8);4H,1-3H3. The number of rotatable bonds is 6. The molecule has 0 aromatic carbocycles. The van der Waals surface area contributed by atoms with E-state index in [1.807, 2.05) is 24.8 Å². The largest absolute Gasteiger partial charge is 0.443 e. The number of nitrogens with one attached hydrogen (secondary N) is 2. The van der Waals surface area contributed by atoms with Crippen LogP contribution in [0.4, 0.5) is 4.79 Å². The molecular formula is C23H40N4O4. The average Bonchev–Trinajstić information content (AvgIpc) is 3.42. The Bertz CT molecular complexity index is 650. The minimum absolute atomic E-state index is 0.000833. The van der Waals surface area contributed by atoms with Crippen LogP contribution < -0.4 is 10.6 Å². The topological polar surface area (TPSA) is 112 Å². The maximum absolute atomic E-state index is 12.0. The fraction of sp³-hybridized carbons (Fsp3) is 0.826. The van der Waals surface area contributed by atoms with Gasteiger partial charge in [-0.25, -0.2) is 4.79 Å². The molecule has 2 saturated carbocycles. The number of likely N-dealkylation sites (tertiary alicyclic amines) is 1. The van der Waals surface area contributed by atoms with E-state index >= 15 is 0 Å². The summed E-state index contributed by atoms with van der Waals surface area (Å²) in [5, 5.41) is 13.1. The summed E-state index contributed by atoms with van der Waals surface area (Å²) in [6, 6.07) is 1.60. The van der Waals surface area contributed by atoms with Crippen molar-refractivity contribution in [3.05, 3.63) is 0 Å². The van der Waals surface area contributed by atoms with Gasteiger partial charge in [0, 0.05) is 13.1 Å². The van der Waals surface area contributed by atoms with E-state index in [1.165, 1.54) is 0 Å². The van der Waals surface area contributed by atoms with Crippen molar-refractivity contribution in [1.29, 1.82) is 5.26 Å². The Kier molecular flexibility index (Phi) is 9.79. The van der Waals surface area contributed by atoms with E-state index in [1.54, 1.807) is 0 Å². The SMILES string of the molecule is CC(C)C.CC1(OC(=O)NCC(=O)N2CC3C(C2)C3(C)C)CC1.CCC(C#N)NC=O. The normalized spacial score (nSPS) is 24.0. The summed E-state index contributed by atoms with van der Waals surface area (Å²) in [4.78, 5) is 35.0. The highest BCUT2D eigenvalue weighted by Crippen LogP contribution is 2.61. The molecule has 2 aliphatic carbocycles. The molecule has 176 valence electrons. The van der Waals surface area contributed by atoms with E-state index in [0.717, 1.165) is 31.8 Å². The first kappa shape index (κ1) is 26.7. The monoisotopic (exact) mass is 436 g/mol. The molecule has 1 heterocycles. The summed E-state index contributed by atoms with van der Waals surface area (Å²) in [5.74, 6) is 2.13. The summed E-state index contributed by atoms with van der Waals surface area (Å²) in [6.07, 6.45) is 2.56. The van der Waals surface area contributed by atoms with Gasteiger partial charge in [0.05, 0.1) is 6.07 Å². The minimum Gasteiger partial charge on any atom is -0.443 e. The van der Waals surface area contributed by atoms with E-state index in [4.69, 9.17) is 10.00 Å². The summed E-state index contributed by atoms with van der Waals surface area (Å²) < 4.78 is 5.20. The molecule has 3 aliphatic rings. The number of ether oxygens (including phenoxy) is 1. The van der Waals surface area contributed by atoms with Crippen molar-refractivity contribution in [2.24, 2.45) is 23.2 Å². The number of hydrogen-bond donors (Lipinski definition) is 2. The molecule has 3 atom stereocenters. The fourth-order valence-electron chi connectivity index (χ4n) is 3.46. The van der Waals surface area contributed by atoms with E-state index < -0.39 is 6.09 Å². The molecule has 3 rings (SSSR count).